The van der Waals surface area contributed by atoms with Gasteiger partial charge in [0.2, 0.25) is 47.5 Å². The van der Waals surface area contributed by atoms with E-state index in [-0.39, 0.29) is 105 Å². The summed E-state index contributed by atoms with van der Waals surface area (Å²) in [5, 5.41) is 55.4. The van der Waals surface area contributed by atoms with E-state index in [4.69, 9.17) is 57.8 Å². The van der Waals surface area contributed by atoms with Gasteiger partial charge >= 0.3 is 30.2 Å². The largest absolute Gasteiger partial charge is 0.509 e. The van der Waals surface area contributed by atoms with Crippen LogP contribution in [0.2, 0.25) is 0 Å². The third-order valence-corrected chi connectivity index (χ3v) is 19.4. The van der Waals surface area contributed by atoms with Gasteiger partial charge in [0.1, 0.15) is 85.6 Å². The lowest BCUT2D eigenvalue weighted by Gasteiger charge is -2.61. The maximum absolute atomic E-state index is 15.5. The Morgan fingerprint density at radius 1 is 0.717 bits per heavy atom. The Bertz CT molecular complexity index is 3820. The van der Waals surface area contributed by atoms with Crippen LogP contribution in [-0.2, 0) is 107 Å². The Hall–Kier alpha value is -10.0. The Balaban J connectivity index is 1.20. The van der Waals surface area contributed by atoms with Gasteiger partial charge in [-0.3, -0.25) is 43.2 Å². The number of alkyl carbamates (subject to hydrolysis) is 1. The first-order valence-electron chi connectivity index (χ1n) is 37.1. The fourth-order valence-electron chi connectivity index (χ4n) is 13.5. The molecular formula is C78H108N8O27. The number of rotatable bonds is 42. The molecule has 2 aliphatic carbocycles. The summed E-state index contributed by atoms with van der Waals surface area (Å²) in [6, 6.07) is 13.7. The van der Waals surface area contributed by atoms with E-state index < -0.39 is 192 Å². The van der Waals surface area contributed by atoms with E-state index in [1.165, 1.54) is 104 Å². The van der Waals surface area contributed by atoms with Crippen LogP contribution in [0, 0.1) is 11.3 Å². The number of aliphatic hydroxyl groups is 3. The van der Waals surface area contributed by atoms with Gasteiger partial charge in [0.25, 0.3) is 0 Å². The lowest BCUT2D eigenvalue weighted by Crippen LogP contribution is -2.75. The number of carbonyl (C=O) groups is 13. The van der Waals surface area contributed by atoms with Crippen molar-refractivity contribution < 1.29 is 130 Å². The fraction of sp³-hybridized carbons (Fsp3) is 0.577. The number of nitrogens with two attached hydrogens (primary N) is 1. The summed E-state index contributed by atoms with van der Waals surface area (Å²) in [4.78, 5) is 177. The van der Waals surface area contributed by atoms with Crippen LogP contribution in [0.15, 0.2) is 96.1 Å². The van der Waals surface area contributed by atoms with Crippen molar-refractivity contribution in [2.45, 2.75) is 211 Å². The van der Waals surface area contributed by atoms with Crippen molar-refractivity contribution in [1.82, 2.24) is 31.9 Å². The van der Waals surface area contributed by atoms with E-state index in [0.29, 0.717) is 19.4 Å². The predicted molar refractivity (Wildman–Crippen MR) is 400 cm³/mol. The second-order valence-corrected chi connectivity index (χ2v) is 29.3. The third kappa shape index (κ3) is 26.3. The van der Waals surface area contributed by atoms with Gasteiger partial charge in [-0.2, -0.15) is 0 Å². The highest BCUT2D eigenvalue weighted by molar-refractivity contribution is 6.01. The first-order chi connectivity index (χ1) is 53.4. The Morgan fingerprint density at radius 2 is 1.32 bits per heavy atom. The zero-order chi connectivity index (χ0) is 83.5. The number of ketones is 1. The zero-order valence-corrected chi connectivity index (χ0v) is 65.7. The lowest BCUT2D eigenvalue weighted by atomic mass is 9.53. The van der Waals surface area contributed by atoms with E-state index in [1.54, 1.807) is 57.2 Å². The van der Waals surface area contributed by atoms with E-state index in [9.17, 15) is 72.9 Å². The van der Waals surface area contributed by atoms with E-state index >= 15 is 4.79 Å². The van der Waals surface area contributed by atoms with Gasteiger partial charge in [-0.1, -0.05) is 81.4 Å². The number of esters is 3. The van der Waals surface area contributed by atoms with Crippen molar-refractivity contribution in [1.29, 1.82) is 0 Å². The molecule has 1 aliphatic heterocycles. The number of carbonyl (C=O) groups excluding carboxylic acids is 13. The second kappa shape index (κ2) is 42.7. The Kier molecular flexibility index (Phi) is 34.8. The third-order valence-electron chi connectivity index (χ3n) is 19.4. The van der Waals surface area contributed by atoms with Gasteiger partial charge in [0.05, 0.1) is 51.1 Å². The molecule has 35 heteroatoms. The van der Waals surface area contributed by atoms with Gasteiger partial charge in [-0.05, 0) is 114 Å². The molecule has 622 valence electrons. The number of hydrogen-bond donors (Lipinski definition) is 11. The van der Waals surface area contributed by atoms with Crippen LogP contribution in [0.5, 0.6) is 0 Å². The van der Waals surface area contributed by atoms with E-state index in [2.05, 4.69) is 37.2 Å². The molecule has 6 rings (SSSR count). The molecule has 14 atom stereocenters. The SMILES string of the molecule is CCC(=O)[C@H](O)C1=C(C)[C@@H](OC(=O)[C@H](OC(=O)OCc2ccc(NC(=O)[C@@H](CC(N)=O)NC(=O)[C@@H](C)NC(=O)[C@@H](C)NC(=O)[C@H](CCCCNC(=O)COCCOC)NC(=O)COCCOC)cc2)C(NC(=O)OC(C)(C)C)c2ccccc2)C[C@@](O)([C@@H](OC(=O)c2ccccc2)[C@H]2C[C@@H](O)CC3OC[C@]32OC(C)=O)C1(C)C. The summed E-state index contributed by atoms with van der Waals surface area (Å²) in [5.41, 5.74) is -1.32. The number of ether oxygens (including phenoxy) is 11. The zero-order valence-electron chi connectivity index (χ0n) is 65.7. The number of nitrogens with one attached hydrogen (secondary N) is 7. The summed E-state index contributed by atoms with van der Waals surface area (Å²) >= 11 is 0. The highest BCUT2D eigenvalue weighted by Gasteiger charge is 2.70. The molecule has 1 saturated carbocycles. The molecule has 0 aromatic heterocycles. The minimum atomic E-state index is -2.57. The summed E-state index contributed by atoms with van der Waals surface area (Å²) < 4.78 is 62.1. The molecular weight excluding hydrogens is 1480 g/mol. The smallest absolute Gasteiger partial charge is 0.455 e. The molecule has 0 radical (unpaired) electrons. The van der Waals surface area contributed by atoms with Crippen LogP contribution in [0.4, 0.5) is 15.3 Å². The fourth-order valence-corrected chi connectivity index (χ4v) is 13.5. The van der Waals surface area contributed by atoms with Crippen molar-refractivity contribution >= 4 is 83.0 Å². The average molecular weight is 1590 g/mol. The molecule has 1 saturated heterocycles. The molecule has 2 fully saturated rings. The number of anilines is 1. The van der Waals surface area contributed by atoms with Gasteiger partial charge in [0.15, 0.2) is 11.4 Å². The molecule has 3 aromatic rings. The van der Waals surface area contributed by atoms with Gasteiger partial charge in [-0.15, -0.1) is 0 Å². The average Bonchev–Trinajstić information content (AvgIpc) is 0.695. The van der Waals surface area contributed by atoms with Crippen molar-refractivity contribution in [2.75, 3.05) is 72.3 Å². The monoisotopic (exact) mass is 1590 g/mol. The first kappa shape index (κ1) is 91.9. The number of unbranched alkanes of at least 4 members (excludes halogenated alkanes) is 1. The van der Waals surface area contributed by atoms with E-state index in [1.807, 2.05) is 0 Å². The van der Waals surface area contributed by atoms with Crippen LogP contribution in [0.3, 0.4) is 0 Å². The predicted octanol–water partition coefficient (Wildman–Crippen LogP) is 2.81. The molecule has 1 heterocycles. The number of methoxy groups -OCH3 is 2. The molecule has 113 heavy (non-hydrogen) atoms. The number of amides is 8. The Labute approximate surface area is 655 Å². The molecule has 8 amide bonds. The van der Waals surface area contributed by atoms with Crippen molar-refractivity contribution in [2.24, 2.45) is 17.1 Å². The van der Waals surface area contributed by atoms with Gasteiger partial charge < -0.3 is 110 Å². The molecule has 3 aromatic carbocycles. The standard InChI is InChI=1S/C78H108N8O27/c1-13-56(89)64(93)62-44(2)57(39-78(102,76(62,9)10)66(111-71(98)50-24-18-15-19-25-50)53-36-52(88)37-58-77(53,43-108-58)112-47(5)87)109-72(99)65(63(49-22-16-14-17-23-49)86-73(100)113-75(6,7)8)110-74(101)107-40-48-27-29-51(30-28-48)83-70(97)55(38-59(79)90)85-68(95)46(4)81-67(94)45(3)82-69(96)54(84-61(92)42-106-35-33-104-12)26-20-21-31-80-60(91)41-105-34-32-103-11/h14-19,22-25,27-30,45-46,52-55,57-58,63-66,88,93,102H,13,20-21,26,31-43H2,1-12H3,(H2,79,90)(H,80,91)(H,81,94)(H,82,96)(H,83,97)(H,84,92)(H,85,95)(H,86,100)/t45-,46-,52-,53-,54+,55-,57+,58?,63?,64+,65-,66+,77-,78-/m1/s1. The highest BCUT2D eigenvalue weighted by atomic mass is 16.7. The topological polar surface area (TPSA) is 494 Å². The number of benzene rings is 3. The summed E-state index contributed by atoms with van der Waals surface area (Å²) in [7, 11) is 2.95. The summed E-state index contributed by atoms with van der Waals surface area (Å²) in [6.45, 7) is 14.0. The summed E-state index contributed by atoms with van der Waals surface area (Å²) in [5.74, 6) is -10.7. The van der Waals surface area contributed by atoms with Crippen molar-refractivity contribution in [3.63, 3.8) is 0 Å². The van der Waals surface area contributed by atoms with Gasteiger partial charge in [-0.25, -0.2) is 19.2 Å². The molecule has 3 aliphatic rings. The lowest BCUT2D eigenvalue weighted by molar-refractivity contribution is -0.320. The maximum atomic E-state index is 15.5. The summed E-state index contributed by atoms with van der Waals surface area (Å²) in [6.07, 6.45) is -13.7. The second-order valence-electron chi connectivity index (χ2n) is 29.3. The molecule has 2 unspecified atom stereocenters. The molecule has 0 spiro atoms. The van der Waals surface area contributed by atoms with Crippen molar-refractivity contribution in [3.8, 4) is 0 Å². The Morgan fingerprint density at radius 3 is 1.89 bits per heavy atom. The normalized spacial score (nSPS) is 21.1. The van der Waals surface area contributed by atoms with Gasteiger partial charge in [0, 0.05) is 64.0 Å². The van der Waals surface area contributed by atoms with Crippen LogP contribution in [-0.4, -0.2) is 237 Å². The van der Waals surface area contributed by atoms with Crippen LogP contribution in [0.25, 0.3) is 0 Å². The highest BCUT2D eigenvalue weighted by Crippen LogP contribution is 2.58. The van der Waals surface area contributed by atoms with E-state index in [0.717, 1.165) is 6.92 Å². The quantitative estimate of drug-likeness (QED) is 0.0168. The first-order valence-corrected chi connectivity index (χ1v) is 37.1. The number of hydrogen-bond acceptors (Lipinski definition) is 27. The molecule has 12 N–H and O–H groups in total. The minimum absolute atomic E-state index is 0.0157. The molecule has 35 nitrogen and oxygen atoms in total. The van der Waals surface area contributed by atoms with Crippen molar-refractivity contribution in [3.05, 3.63) is 113 Å². The molecule has 0 bridgehead atoms. The van der Waals surface area contributed by atoms with Crippen LogP contribution >= 0.6 is 0 Å². The minimum Gasteiger partial charge on any atom is -0.455 e. The maximum Gasteiger partial charge on any atom is 0.509 e. The van der Waals surface area contributed by atoms with Crippen LogP contribution in [0.1, 0.15) is 148 Å². The van der Waals surface area contributed by atoms with Crippen LogP contribution < -0.4 is 43.0 Å². The number of Topliss-reactive ketones (excluding diaryl/α,β-unsaturated/α-hetero) is 1. The number of fused-ring (bicyclic) bond motifs is 1. The number of aliphatic hydroxyl groups excluding tert-OH is 2. The number of primary amides is 1.